The topological polar surface area (TPSA) is 40.6 Å². The summed E-state index contributed by atoms with van der Waals surface area (Å²) in [5, 5.41) is 0.561. The van der Waals surface area contributed by atoms with E-state index in [1.54, 1.807) is 20.3 Å². The van der Waals surface area contributed by atoms with Crippen molar-refractivity contribution in [2.45, 2.75) is 52.1 Å². The number of hydrogen-bond acceptors (Lipinski definition) is 4. The van der Waals surface area contributed by atoms with Crippen LogP contribution in [0.5, 0.6) is 17.2 Å². The molecule has 1 aromatic heterocycles. The first-order chi connectivity index (χ1) is 15.6. The Balaban J connectivity index is 1.79. The van der Waals surface area contributed by atoms with Crippen LogP contribution in [-0.4, -0.2) is 19.2 Å². The molecule has 1 atom stereocenters. The molecule has 5 heteroatoms. The van der Waals surface area contributed by atoms with E-state index < -0.39 is 0 Å². The van der Waals surface area contributed by atoms with Gasteiger partial charge >= 0.3 is 0 Å². The van der Waals surface area contributed by atoms with Crippen LogP contribution in [0.4, 0.5) is 0 Å². The van der Waals surface area contributed by atoms with Gasteiger partial charge in [-0.1, -0.05) is 43.6 Å². The van der Waals surface area contributed by atoms with Crippen molar-refractivity contribution in [1.29, 1.82) is 0 Å². The Morgan fingerprint density at radius 1 is 0.969 bits per heavy atom. The number of methoxy groups -OCH3 is 2. The van der Waals surface area contributed by atoms with Crippen LogP contribution < -0.4 is 14.2 Å². The Morgan fingerprint density at radius 2 is 1.72 bits per heavy atom. The second kappa shape index (κ2) is 9.83. The molecule has 1 unspecified atom stereocenters. The van der Waals surface area contributed by atoms with Crippen LogP contribution >= 0.6 is 11.6 Å². The van der Waals surface area contributed by atoms with Gasteiger partial charge in [0.25, 0.3) is 0 Å². The molecule has 32 heavy (non-hydrogen) atoms. The van der Waals surface area contributed by atoms with Crippen molar-refractivity contribution < 1.29 is 14.2 Å². The van der Waals surface area contributed by atoms with Gasteiger partial charge in [0.2, 0.25) is 0 Å². The van der Waals surface area contributed by atoms with Gasteiger partial charge in [0.15, 0.2) is 0 Å². The van der Waals surface area contributed by atoms with Gasteiger partial charge in [0.05, 0.1) is 36.2 Å². The number of hydrogen-bond donors (Lipinski definition) is 0. The number of aryl methyl sites for hydroxylation is 3. The fourth-order valence-corrected chi connectivity index (χ4v) is 4.72. The highest BCUT2D eigenvalue weighted by molar-refractivity contribution is 6.32. The smallest absolute Gasteiger partial charge is 0.142 e. The van der Waals surface area contributed by atoms with Gasteiger partial charge in [0.1, 0.15) is 23.4 Å². The highest BCUT2D eigenvalue weighted by Crippen LogP contribution is 2.43. The number of benzene rings is 2. The molecule has 1 heterocycles. The zero-order valence-electron chi connectivity index (χ0n) is 19.2. The molecule has 0 bridgehead atoms. The highest BCUT2D eigenvalue weighted by Gasteiger charge is 2.29. The fraction of sp³-hybridized carbons (Fsp3) is 0.370. The van der Waals surface area contributed by atoms with Crippen molar-refractivity contribution in [2.75, 3.05) is 14.2 Å². The first kappa shape index (κ1) is 22.5. The predicted molar refractivity (Wildman–Crippen MR) is 129 cm³/mol. The lowest BCUT2D eigenvalue weighted by atomic mass is 9.89. The molecule has 0 spiro atoms. The van der Waals surface area contributed by atoms with E-state index in [-0.39, 0.29) is 6.10 Å². The number of aromatic nitrogens is 1. The molecule has 1 aliphatic carbocycles. The molecule has 0 saturated carbocycles. The maximum Gasteiger partial charge on any atom is 0.142 e. The molecule has 168 valence electrons. The van der Waals surface area contributed by atoms with Gasteiger partial charge in [-0.25, -0.2) is 0 Å². The molecule has 2 aromatic carbocycles. The van der Waals surface area contributed by atoms with Gasteiger partial charge in [0, 0.05) is 17.7 Å². The molecular formula is C27H30ClNO3. The molecule has 4 rings (SSSR count). The number of rotatable bonds is 7. The zero-order chi connectivity index (χ0) is 22.7. The summed E-state index contributed by atoms with van der Waals surface area (Å²) in [6, 6.07) is 14.0. The first-order valence-corrected chi connectivity index (χ1v) is 11.7. The van der Waals surface area contributed by atoms with Crippen molar-refractivity contribution >= 4 is 11.6 Å². The molecule has 0 radical (unpaired) electrons. The predicted octanol–water partition coefficient (Wildman–Crippen LogP) is 7.00. The molecule has 0 saturated heterocycles. The zero-order valence-corrected chi connectivity index (χ0v) is 20.0. The van der Waals surface area contributed by atoms with Crippen molar-refractivity contribution in [1.82, 2.24) is 4.98 Å². The summed E-state index contributed by atoms with van der Waals surface area (Å²) in [4.78, 5) is 5.14. The lowest BCUT2D eigenvalue weighted by Crippen LogP contribution is -2.18. The van der Waals surface area contributed by atoms with Gasteiger partial charge in [-0.05, 0) is 55.4 Å². The Kier molecular flexibility index (Phi) is 6.90. The average molecular weight is 452 g/mol. The number of ether oxygens (including phenoxy) is 3. The summed E-state index contributed by atoms with van der Waals surface area (Å²) in [7, 11) is 3.35. The minimum Gasteiger partial charge on any atom is -0.497 e. The standard InChI is InChI=1S/C27H30ClNO3/c1-5-17-9-7-10-18(6-2)26(17)22-16-25(31-4)27-21(29-22)11-8-12-23(27)32-24-15-19(30-3)13-14-20(24)28/h7,9-10,13-16,23H,5-6,8,11-12H2,1-4H3. The van der Waals surface area contributed by atoms with Crippen LogP contribution in [0.1, 0.15) is 55.2 Å². The van der Waals surface area contributed by atoms with Crippen LogP contribution in [0, 0.1) is 0 Å². The highest BCUT2D eigenvalue weighted by atomic mass is 35.5. The van der Waals surface area contributed by atoms with Gasteiger partial charge < -0.3 is 14.2 Å². The van der Waals surface area contributed by atoms with E-state index in [1.165, 1.54) is 16.7 Å². The van der Waals surface area contributed by atoms with Crippen LogP contribution in [0.25, 0.3) is 11.3 Å². The number of pyridine rings is 1. The largest absolute Gasteiger partial charge is 0.497 e. The number of halogens is 1. The molecule has 0 N–H and O–H groups in total. The molecule has 3 aromatic rings. The SMILES string of the molecule is CCc1cccc(CC)c1-c1cc(OC)c2c(n1)CCCC2Oc1cc(OC)ccc1Cl. The first-order valence-electron chi connectivity index (χ1n) is 11.3. The summed E-state index contributed by atoms with van der Waals surface area (Å²) in [5.41, 5.74) is 6.90. The molecule has 1 aliphatic rings. The van der Waals surface area contributed by atoms with Crippen molar-refractivity contribution in [3.05, 3.63) is 69.9 Å². The monoisotopic (exact) mass is 451 g/mol. The Hall–Kier alpha value is -2.72. The summed E-state index contributed by atoms with van der Waals surface area (Å²) in [6.07, 6.45) is 4.53. The third kappa shape index (κ3) is 4.29. The van der Waals surface area contributed by atoms with Gasteiger partial charge in [-0.2, -0.15) is 0 Å². The summed E-state index contributed by atoms with van der Waals surface area (Å²) >= 11 is 6.42. The van der Waals surface area contributed by atoms with E-state index in [1.807, 2.05) is 12.1 Å². The third-order valence-electron chi connectivity index (χ3n) is 6.18. The molecular weight excluding hydrogens is 422 g/mol. The lowest BCUT2D eigenvalue weighted by Gasteiger charge is -2.28. The molecule has 4 nitrogen and oxygen atoms in total. The van der Waals surface area contributed by atoms with E-state index in [0.29, 0.717) is 16.5 Å². The van der Waals surface area contributed by atoms with E-state index >= 15 is 0 Å². The average Bonchev–Trinajstić information content (AvgIpc) is 2.84. The Morgan fingerprint density at radius 3 is 2.38 bits per heavy atom. The molecule has 0 aliphatic heterocycles. The quantitative estimate of drug-likeness (QED) is 0.387. The van der Waals surface area contributed by atoms with Crippen molar-refractivity contribution in [3.8, 4) is 28.5 Å². The van der Waals surface area contributed by atoms with Crippen LogP contribution in [0.15, 0.2) is 42.5 Å². The lowest BCUT2D eigenvalue weighted by molar-refractivity contribution is 0.177. The van der Waals surface area contributed by atoms with E-state index in [2.05, 4.69) is 38.1 Å². The normalized spacial score (nSPS) is 15.2. The molecule has 0 fully saturated rings. The maximum absolute atomic E-state index is 6.42. The Labute approximate surface area is 195 Å². The summed E-state index contributed by atoms with van der Waals surface area (Å²) in [5.74, 6) is 2.14. The fourth-order valence-electron chi connectivity index (χ4n) is 4.56. The number of fused-ring (bicyclic) bond motifs is 1. The van der Waals surface area contributed by atoms with E-state index in [0.717, 1.165) is 54.8 Å². The summed E-state index contributed by atoms with van der Waals surface area (Å²) < 4.78 is 17.6. The van der Waals surface area contributed by atoms with Gasteiger partial charge in [-0.15, -0.1) is 0 Å². The van der Waals surface area contributed by atoms with Crippen molar-refractivity contribution in [3.63, 3.8) is 0 Å². The van der Waals surface area contributed by atoms with Crippen LogP contribution in [0.3, 0.4) is 0 Å². The van der Waals surface area contributed by atoms with E-state index in [9.17, 15) is 0 Å². The van der Waals surface area contributed by atoms with Crippen molar-refractivity contribution in [2.24, 2.45) is 0 Å². The van der Waals surface area contributed by atoms with Gasteiger partial charge in [-0.3, -0.25) is 4.98 Å². The van der Waals surface area contributed by atoms with E-state index in [4.69, 9.17) is 30.8 Å². The second-order valence-electron chi connectivity index (χ2n) is 8.02. The van der Waals surface area contributed by atoms with Crippen LogP contribution in [-0.2, 0) is 19.3 Å². The molecule has 0 amide bonds. The minimum atomic E-state index is -0.174. The summed E-state index contributed by atoms with van der Waals surface area (Å²) in [6.45, 7) is 4.38. The third-order valence-corrected chi connectivity index (χ3v) is 6.50. The maximum atomic E-state index is 6.42. The Bertz CT molecular complexity index is 1070. The second-order valence-corrected chi connectivity index (χ2v) is 8.43. The number of nitrogens with zero attached hydrogens (tertiary/aromatic N) is 1. The minimum absolute atomic E-state index is 0.174. The van der Waals surface area contributed by atoms with Crippen LogP contribution in [0.2, 0.25) is 5.02 Å².